The van der Waals surface area contributed by atoms with Gasteiger partial charge in [0, 0.05) is 48.4 Å². The van der Waals surface area contributed by atoms with Crippen molar-refractivity contribution in [1.29, 1.82) is 0 Å². The van der Waals surface area contributed by atoms with E-state index in [2.05, 4.69) is 14.9 Å². The van der Waals surface area contributed by atoms with E-state index in [0.717, 1.165) is 33.5 Å². The molecular weight excluding hydrogens is 446 g/mol. The molecule has 2 aliphatic heterocycles. The van der Waals surface area contributed by atoms with Crippen LogP contribution in [0.15, 0.2) is 12.4 Å². The average Bonchev–Trinajstić information content (AvgIpc) is 2.93. The van der Waals surface area contributed by atoms with Gasteiger partial charge < -0.3 is 20.5 Å². The molecule has 1 unspecified atom stereocenters. The number of ether oxygens (including phenoxy) is 1. The highest BCUT2D eigenvalue weighted by Gasteiger charge is 2.37. The number of hydrogen-bond donors (Lipinski definition) is 2. The summed E-state index contributed by atoms with van der Waals surface area (Å²) in [4.78, 5) is 23.4. The molecule has 1 amide bonds. The zero-order chi connectivity index (χ0) is 23.4. The standard InChI is InChI=1S/C22H26ClN7O3/c1-11-16-9-28(14-7-29(8-14)22(31)32)4-5-33-19(16)15(6-17(11)23)13(3)30-21-18(12(2)27-30)20(24)25-10-26-21/h6,10,13-14H,4-5,7-9H2,1-3H3,(H,31,32)(H2,24,25,26). The molecule has 1 aromatic carbocycles. The van der Waals surface area contributed by atoms with E-state index in [-0.39, 0.29) is 12.1 Å². The Bertz CT molecular complexity index is 1250. The molecule has 3 N–H and O–H groups in total. The van der Waals surface area contributed by atoms with Crippen LogP contribution in [0.2, 0.25) is 5.02 Å². The van der Waals surface area contributed by atoms with Gasteiger partial charge in [-0.2, -0.15) is 5.10 Å². The fourth-order valence-corrected chi connectivity index (χ4v) is 4.97. The zero-order valence-electron chi connectivity index (χ0n) is 18.7. The first-order chi connectivity index (χ1) is 15.8. The van der Waals surface area contributed by atoms with Gasteiger partial charge in [-0.1, -0.05) is 11.6 Å². The number of nitrogens with two attached hydrogens (primary N) is 1. The highest BCUT2D eigenvalue weighted by Crippen LogP contribution is 2.40. The Hall–Kier alpha value is -3.11. The maximum absolute atomic E-state index is 11.2. The Morgan fingerprint density at radius 3 is 2.82 bits per heavy atom. The van der Waals surface area contributed by atoms with Crippen molar-refractivity contribution in [3.63, 3.8) is 0 Å². The molecule has 2 aromatic heterocycles. The molecule has 0 aliphatic carbocycles. The minimum absolute atomic E-state index is 0.173. The number of nitrogens with zero attached hydrogens (tertiary/aromatic N) is 6. The van der Waals surface area contributed by atoms with Crippen LogP contribution in [-0.4, -0.2) is 73.0 Å². The summed E-state index contributed by atoms with van der Waals surface area (Å²) in [5, 5.41) is 15.3. The van der Waals surface area contributed by atoms with E-state index in [1.807, 2.05) is 31.5 Å². The second kappa shape index (κ2) is 8.03. The van der Waals surface area contributed by atoms with Gasteiger partial charge in [-0.05, 0) is 32.4 Å². The minimum Gasteiger partial charge on any atom is -0.492 e. The summed E-state index contributed by atoms with van der Waals surface area (Å²) in [6.07, 6.45) is 0.567. The first-order valence-electron chi connectivity index (χ1n) is 10.9. The lowest BCUT2D eigenvalue weighted by molar-refractivity contribution is 0.0306. The molecule has 5 rings (SSSR count). The van der Waals surface area contributed by atoms with Crippen molar-refractivity contribution >= 4 is 34.5 Å². The third-order valence-corrected chi connectivity index (χ3v) is 7.17. The molecule has 3 aromatic rings. The number of halogens is 1. The molecule has 1 saturated heterocycles. The molecule has 174 valence electrons. The molecule has 4 heterocycles. The van der Waals surface area contributed by atoms with Crippen molar-refractivity contribution in [2.24, 2.45) is 0 Å². The van der Waals surface area contributed by atoms with Crippen LogP contribution in [0.3, 0.4) is 0 Å². The number of anilines is 1. The average molecular weight is 472 g/mol. The van der Waals surface area contributed by atoms with Crippen LogP contribution in [0, 0.1) is 13.8 Å². The number of fused-ring (bicyclic) bond motifs is 2. The lowest BCUT2D eigenvalue weighted by atomic mass is 9.97. The summed E-state index contributed by atoms with van der Waals surface area (Å²) >= 11 is 6.69. The van der Waals surface area contributed by atoms with Crippen LogP contribution < -0.4 is 10.5 Å². The predicted octanol–water partition coefficient (Wildman–Crippen LogP) is 2.84. The van der Waals surface area contributed by atoms with Gasteiger partial charge in [0.05, 0.1) is 17.1 Å². The van der Waals surface area contributed by atoms with Gasteiger partial charge in [0.15, 0.2) is 5.65 Å². The van der Waals surface area contributed by atoms with Crippen LogP contribution in [0.5, 0.6) is 5.75 Å². The van der Waals surface area contributed by atoms with E-state index in [1.165, 1.54) is 11.2 Å². The Kier molecular flexibility index (Phi) is 5.29. The normalized spacial score (nSPS) is 17.9. The summed E-state index contributed by atoms with van der Waals surface area (Å²) in [5.41, 5.74) is 10.4. The number of aryl methyl sites for hydroxylation is 1. The number of benzene rings is 1. The Morgan fingerprint density at radius 2 is 2.09 bits per heavy atom. The van der Waals surface area contributed by atoms with Gasteiger partial charge in [0.25, 0.3) is 0 Å². The lowest BCUT2D eigenvalue weighted by Crippen LogP contribution is -2.60. The number of likely N-dealkylation sites (tertiary alicyclic amines) is 1. The Balaban J connectivity index is 1.53. The largest absolute Gasteiger partial charge is 0.492 e. The maximum atomic E-state index is 11.2. The predicted molar refractivity (Wildman–Crippen MR) is 124 cm³/mol. The summed E-state index contributed by atoms with van der Waals surface area (Å²) in [5.74, 6) is 1.21. The smallest absolute Gasteiger partial charge is 0.407 e. The van der Waals surface area contributed by atoms with Crippen molar-refractivity contribution in [3.8, 4) is 5.75 Å². The summed E-state index contributed by atoms with van der Waals surface area (Å²) in [7, 11) is 0. The van der Waals surface area contributed by atoms with Crippen LogP contribution >= 0.6 is 11.6 Å². The molecule has 2 aliphatic rings. The van der Waals surface area contributed by atoms with Crippen LogP contribution in [0.1, 0.15) is 35.3 Å². The molecule has 0 saturated carbocycles. The molecule has 0 spiro atoms. The van der Waals surface area contributed by atoms with Gasteiger partial charge >= 0.3 is 6.09 Å². The number of hydrogen-bond acceptors (Lipinski definition) is 7. The quantitative estimate of drug-likeness (QED) is 0.597. The highest BCUT2D eigenvalue weighted by atomic mass is 35.5. The molecule has 33 heavy (non-hydrogen) atoms. The number of nitrogen functional groups attached to an aromatic ring is 1. The zero-order valence-corrected chi connectivity index (χ0v) is 19.5. The first-order valence-corrected chi connectivity index (χ1v) is 11.3. The summed E-state index contributed by atoms with van der Waals surface area (Å²) in [6, 6.07) is 1.91. The van der Waals surface area contributed by atoms with Crippen LogP contribution in [-0.2, 0) is 6.54 Å². The van der Waals surface area contributed by atoms with Gasteiger partial charge in [-0.25, -0.2) is 19.4 Å². The van der Waals surface area contributed by atoms with Gasteiger partial charge in [0.2, 0.25) is 0 Å². The van der Waals surface area contributed by atoms with E-state index in [0.29, 0.717) is 49.3 Å². The topological polar surface area (TPSA) is 123 Å². The maximum Gasteiger partial charge on any atom is 0.407 e. The minimum atomic E-state index is -0.876. The number of carboxylic acid groups (broad SMARTS) is 1. The Morgan fingerprint density at radius 1 is 1.33 bits per heavy atom. The fourth-order valence-electron chi connectivity index (χ4n) is 4.74. The molecular formula is C22H26ClN7O3. The van der Waals surface area contributed by atoms with Gasteiger partial charge in [-0.3, -0.25) is 4.90 Å². The first kappa shape index (κ1) is 21.7. The monoisotopic (exact) mass is 471 g/mol. The highest BCUT2D eigenvalue weighted by molar-refractivity contribution is 6.31. The summed E-state index contributed by atoms with van der Waals surface area (Å²) in [6.45, 7) is 8.80. The van der Waals surface area contributed by atoms with Crippen molar-refractivity contribution in [3.05, 3.63) is 39.8 Å². The molecule has 1 atom stereocenters. The molecule has 0 radical (unpaired) electrons. The van der Waals surface area contributed by atoms with Crippen molar-refractivity contribution in [2.75, 3.05) is 32.0 Å². The van der Waals surface area contributed by atoms with E-state index in [1.54, 1.807) is 0 Å². The van der Waals surface area contributed by atoms with Crippen molar-refractivity contribution < 1.29 is 14.6 Å². The lowest BCUT2D eigenvalue weighted by Gasteiger charge is -2.43. The SMILES string of the molecule is Cc1c(Cl)cc(C(C)n2nc(C)c3c(N)ncnc32)c2c1CN(C1CN(C(=O)O)C1)CCO2. The summed E-state index contributed by atoms with van der Waals surface area (Å²) < 4.78 is 8.14. The number of carbonyl (C=O) groups is 1. The van der Waals surface area contributed by atoms with Gasteiger partial charge in [-0.15, -0.1) is 0 Å². The second-order valence-electron chi connectivity index (χ2n) is 8.70. The van der Waals surface area contributed by atoms with Crippen LogP contribution in [0.4, 0.5) is 10.6 Å². The van der Waals surface area contributed by atoms with E-state index in [9.17, 15) is 9.90 Å². The van der Waals surface area contributed by atoms with E-state index < -0.39 is 6.09 Å². The fraction of sp³-hybridized carbons (Fsp3) is 0.455. The number of rotatable bonds is 3. The van der Waals surface area contributed by atoms with E-state index in [4.69, 9.17) is 27.2 Å². The molecule has 1 fully saturated rings. The van der Waals surface area contributed by atoms with Crippen LogP contribution in [0.25, 0.3) is 11.0 Å². The Labute approximate surface area is 195 Å². The third-order valence-electron chi connectivity index (χ3n) is 6.77. The van der Waals surface area contributed by atoms with Crippen molar-refractivity contribution in [2.45, 2.75) is 39.4 Å². The van der Waals surface area contributed by atoms with E-state index >= 15 is 0 Å². The van der Waals surface area contributed by atoms with Crippen molar-refractivity contribution in [1.82, 2.24) is 29.5 Å². The second-order valence-corrected chi connectivity index (χ2v) is 9.11. The molecule has 0 bridgehead atoms. The van der Waals surface area contributed by atoms with Gasteiger partial charge in [0.1, 0.15) is 24.5 Å². The third kappa shape index (κ3) is 3.53. The molecule has 11 heteroatoms. The molecule has 10 nitrogen and oxygen atoms in total. The number of amides is 1. The number of aromatic nitrogens is 4.